The average Bonchev–Trinajstić information content (AvgIpc) is 2.50. The van der Waals surface area contributed by atoms with Gasteiger partial charge in [-0.3, -0.25) is 0 Å². The topological polar surface area (TPSA) is 62.8 Å². The molecule has 0 bridgehead atoms. The van der Waals surface area contributed by atoms with Crippen molar-refractivity contribution in [2.75, 3.05) is 32.8 Å². The Kier molecular flexibility index (Phi) is 9.30. The van der Waals surface area contributed by atoms with Crippen molar-refractivity contribution in [2.24, 2.45) is 0 Å². The van der Waals surface area contributed by atoms with Crippen LogP contribution in [-0.2, 0) is 6.54 Å². The summed E-state index contributed by atoms with van der Waals surface area (Å²) in [5.41, 5.74) is 1.14. The van der Waals surface area contributed by atoms with E-state index in [4.69, 9.17) is 14.6 Å². The van der Waals surface area contributed by atoms with Crippen LogP contribution in [0.1, 0.15) is 19.4 Å². The van der Waals surface area contributed by atoms with Gasteiger partial charge in [0.05, 0.1) is 12.7 Å². The number of aliphatic hydroxyl groups is 1. The summed E-state index contributed by atoms with van der Waals surface area (Å²) >= 11 is 0. The van der Waals surface area contributed by atoms with E-state index < -0.39 is 0 Å². The van der Waals surface area contributed by atoms with Crippen LogP contribution in [0.3, 0.4) is 0 Å². The Labute approximate surface area is 133 Å². The van der Waals surface area contributed by atoms with Crippen LogP contribution in [-0.4, -0.2) is 44.1 Å². The van der Waals surface area contributed by atoms with Gasteiger partial charge in [-0.2, -0.15) is 0 Å². The van der Waals surface area contributed by atoms with Gasteiger partial charge in [-0.05, 0) is 31.5 Å². The molecule has 0 aliphatic heterocycles. The number of benzene rings is 1. The molecule has 0 saturated carbocycles. The third-order valence-corrected chi connectivity index (χ3v) is 2.91. The summed E-state index contributed by atoms with van der Waals surface area (Å²) in [5.74, 6) is 1.50. The minimum atomic E-state index is -0.308. The van der Waals surface area contributed by atoms with E-state index in [2.05, 4.69) is 17.2 Å². The first-order valence-corrected chi connectivity index (χ1v) is 7.76. The van der Waals surface area contributed by atoms with Crippen LogP contribution in [0.4, 0.5) is 0 Å². The third kappa shape index (κ3) is 7.45. The molecular formula is C17H28N2O3. The number of nitrogens with one attached hydrogen (secondary N) is 2. The zero-order chi connectivity index (χ0) is 16.2. The fraction of sp³-hybridized carbons (Fsp3) is 0.529. The Morgan fingerprint density at radius 2 is 2.00 bits per heavy atom. The standard InChI is InChI=1S/C17H28N2O3/c1-4-10-22-16-7-6-15(11-17(16)21-5-2)13-19-9-8-18-12-14(3)20/h4,6-7,11,14,18-20H,1,5,8-10,12-13H2,2-3H3. The number of hydrogen-bond acceptors (Lipinski definition) is 5. The molecule has 5 nitrogen and oxygen atoms in total. The molecule has 1 rings (SSSR count). The van der Waals surface area contributed by atoms with E-state index in [1.807, 2.05) is 25.1 Å². The zero-order valence-corrected chi connectivity index (χ0v) is 13.6. The highest BCUT2D eigenvalue weighted by Gasteiger charge is 2.06. The van der Waals surface area contributed by atoms with Crippen molar-refractivity contribution in [3.63, 3.8) is 0 Å². The maximum atomic E-state index is 9.14. The van der Waals surface area contributed by atoms with Crippen LogP contribution in [0, 0.1) is 0 Å². The fourth-order valence-corrected chi connectivity index (χ4v) is 1.92. The summed E-state index contributed by atoms with van der Waals surface area (Å²) in [7, 11) is 0. The Bertz CT molecular complexity index is 436. The third-order valence-electron chi connectivity index (χ3n) is 2.91. The van der Waals surface area contributed by atoms with Crippen molar-refractivity contribution in [1.82, 2.24) is 10.6 Å². The van der Waals surface area contributed by atoms with Gasteiger partial charge in [-0.15, -0.1) is 0 Å². The highest BCUT2D eigenvalue weighted by Crippen LogP contribution is 2.28. The molecule has 0 amide bonds. The van der Waals surface area contributed by atoms with E-state index in [1.54, 1.807) is 13.0 Å². The molecule has 0 radical (unpaired) electrons. The van der Waals surface area contributed by atoms with Crippen LogP contribution in [0.5, 0.6) is 11.5 Å². The molecule has 5 heteroatoms. The summed E-state index contributed by atoms with van der Waals surface area (Å²) in [5, 5.41) is 15.7. The highest BCUT2D eigenvalue weighted by atomic mass is 16.5. The minimum absolute atomic E-state index is 0.308. The summed E-state index contributed by atoms with van der Waals surface area (Å²) in [6.45, 7) is 11.5. The van der Waals surface area contributed by atoms with E-state index in [1.165, 1.54) is 0 Å². The molecule has 22 heavy (non-hydrogen) atoms. The molecule has 0 aliphatic carbocycles. The Morgan fingerprint density at radius 1 is 1.23 bits per heavy atom. The minimum Gasteiger partial charge on any atom is -0.490 e. The molecule has 0 aliphatic rings. The number of hydrogen-bond donors (Lipinski definition) is 3. The van der Waals surface area contributed by atoms with Crippen molar-refractivity contribution in [2.45, 2.75) is 26.5 Å². The van der Waals surface area contributed by atoms with Crippen molar-refractivity contribution >= 4 is 0 Å². The van der Waals surface area contributed by atoms with Gasteiger partial charge < -0.3 is 25.2 Å². The van der Waals surface area contributed by atoms with Crippen molar-refractivity contribution in [1.29, 1.82) is 0 Å². The molecule has 0 aromatic heterocycles. The molecule has 1 aromatic carbocycles. The van der Waals surface area contributed by atoms with Crippen LogP contribution in [0.25, 0.3) is 0 Å². The van der Waals surface area contributed by atoms with E-state index in [0.29, 0.717) is 19.8 Å². The molecule has 0 saturated heterocycles. The molecule has 124 valence electrons. The fourth-order valence-electron chi connectivity index (χ4n) is 1.92. The molecule has 0 fully saturated rings. The number of ether oxygens (including phenoxy) is 2. The first-order chi connectivity index (χ1) is 10.7. The van der Waals surface area contributed by atoms with Gasteiger partial charge in [0.15, 0.2) is 11.5 Å². The van der Waals surface area contributed by atoms with Gasteiger partial charge in [-0.25, -0.2) is 0 Å². The summed E-state index contributed by atoms with van der Waals surface area (Å²) in [6.07, 6.45) is 1.41. The van der Waals surface area contributed by atoms with Gasteiger partial charge in [-0.1, -0.05) is 18.7 Å². The molecule has 0 spiro atoms. The van der Waals surface area contributed by atoms with Crippen molar-refractivity contribution in [3.8, 4) is 11.5 Å². The molecule has 1 atom stereocenters. The number of rotatable bonds is 12. The van der Waals surface area contributed by atoms with Gasteiger partial charge >= 0.3 is 0 Å². The van der Waals surface area contributed by atoms with Crippen LogP contribution >= 0.6 is 0 Å². The van der Waals surface area contributed by atoms with E-state index in [0.717, 1.165) is 36.7 Å². The van der Waals surface area contributed by atoms with Crippen molar-refractivity contribution < 1.29 is 14.6 Å². The van der Waals surface area contributed by atoms with E-state index in [9.17, 15) is 0 Å². The molecule has 1 aromatic rings. The lowest BCUT2D eigenvalue weighted by Gasteiger charge is -2.13. The second kappa shape index (κ2) is 11.1. The zero-order valence-electron chi connectivity index (χ0n) is 13.6. The predicted octanol–water partition coefficient (Wildman–Crippen LogP) is 1.71. The Hall–Kier alpha value is -1.56. The van der Waals surface area contributed by atoms with Crippen LogP contribution in [0.2, 0.25) is 0 Å². The van der Waals surface area contributed by atoms with Gasteiger partial charge in [0.2, 0.25) is 0 Å². The average molecular weight is 308 g/mol. The molecule has 3 N–H and O–H groups in total. The lowest BCUT2D eigenvalue weighted by Crippen LogP contribution is -2.31. The molecule has 0 heterocycles. The first-order valence-electron chi connectivity index (χ1n) is 7.76. The number of aliphatic hydroxyl groups excluding tert-OH is 1. The normalized spacial score (nSPS) is 12.0. The predicted molar refractivity (Wildman–Crippen MR) is 89.6 cm³/mol. The van der Waals surface area contributed by atoms with E-state index in [-0.39, 0.29) is 6.10 Å². The lowest BCUT2D eigenvalue weighted by molar-refractivity contribution is 0.191. The SMILES string of the molecule is C=CCOc1ccc(CNCCNCC(C)O)cc1OCC. The van der Waals surface area contributed by atoms with Crippen LogP contribution < -0.4 is 20.1 Å². The Morgan fingerprint density at radius 3 is 2.68 bits per heavy atom. The van der Waals surface area contributed by atoms with Gasteiger partial charge in [0.25, 0.3) is 0 Å². The first kappa shape index (κ1) is 18.5. The maximum Gasteiger partial charge on any atom is 0.161 e. The van der Waals surface area contributed by atoms with Crippen LogP contribution in [0.15, 0.2) is 30.9 Å². The summed E-state index contributed by atoms with van der Waals surface area (Å²) in [6, 6.07) is 5.95. The maximum absolute atomic E-state index is 9.14. The second-order valence-electron chi connectivity index (χ2n) is 5.04. The summed E-state index contributed by atoms with van der Waals surface area (Å²) < 4.78 is 11.2. The Balaban J connectivity index is 2.42. The largest absolute Gasteiger partial charge is 0.490 e. The van der Waals surface area contributed by atoms with Gasteiger partial charge in [0, 0.05) is 26.2 Å². The molecule has 1 unspecified atom stereocenters. The second-order valence-corrected chi connectivity index (χ2v) is 5.04. The lowest BCUT2D eigenvalue weighted by atomic mass is 10.2. The van der Waals surface area contributed by atoms with Gasteiger partial charge in [0.1, 0.15) is 6.61 Å². The molecular weight excluding hydrogens is 280 g/mol. The monoisotopic (exact) mass is 308 g/mol. The summed E-state index contributed by atoms with van der Waals surface area (Å²) in [4.78, 5) is 0. The highest BCUT2D eigenvalue weighted by molar-refractivity contribution is 5.43. The van der Waals surface area contributed by atoms with Crippen molar-refractivity contribution in [3.05, 3.63) is 36.4 Å². The smallest absolute Gasteiger partial charge is 0.161 e. The van der Waals surface area contributed by atoms with E-state index >= 15 is 0 Å². The quantitative estimate of drug-likeness (QED) is 0.405.